The van der Waals surface area contributed by atoms with Crippen molar-refractivity contribution in [2.45, 2.75) is 41.0 Å². The van der Waals surface area contributed by atoms with Crippen LogP contribution in [0, 0.1) is 34.6 Å². The Morgan fingerprint density at radius 3 is 2.19 bits per heavy atom. The van der Waals surface area contributed by atoms with E-state index in [-0.39, 0.29) is 5.91 Å². The maximum Gasteiger partial charge on any atom is 0.257 e. The Kier molecular flexibility index (Phi) is 6.90. The molecule has 1 heterocycles. The second-order valence-electron chi connectivity index (χ2n) is 8.07. The number of nitrogens with zero attached hydrogens (tertiary/aromatic N) is 3. The minimum Gasteiger partial charge on any atom is -0.326 e. The number of aryl methyl sites for hydroxylation is 5. The van der Waals surface area contributed by atoms with E-state index in [4.69, 9.17) is 0 Å². The minimum atomic E-state index is -0.182. The molecule has 0 unspecified atom stereocenters. The molecule has 162 valence electrons. The number of hydrogen-bond donors (Lipinski definition) is 2. The van der Waals surface area contributed by atoms with Gasteiger partial charge in [-0.05, 0) is 70.9 Å². The molecule has 6 nitrogen and oxygen atoms in total. The summed E-state index contributed by atoms with van der Waals surface area (Å²) in [6, 6.07) is 13.8. The normalized spacial score (nSPS) is 11.5. The molecule has 2 N–H and O–H groups in total. The fourth-order valence-electron chi connectivity index (χ4n) is 3.63. The summed E-state index contributed by atoms with van der Waals surface area (Å²) in [5.74, 6) is 0.256. The van der Waals surface area contributed by atoms with E-state index in [0.29, 0.717) is 18.1 Å². The fraction of sp³-hybridized carbons (Fsp3) is 0.320. The number of carbonyl (C=O) groups excluding carboxylic acids is 1. The SMILES string of the molecule is Cc1ccc(NC(=NCCc2c(C)nn(C)c2C)NC(=O)c2cc(C)cc(C)c2)cc1. The molecule has 31 heavy (non-hydrogen) atoms. The number of benzene rings is 2. The number of hydrogen-bond acceptors (Lipinski definition) is 3. The Hall–Kier alpha value is -3.41. The number of rotatable bonds is 5. The maximum absolute atomic E-state index is 12.9. The third-order valence-corrected chi connectivity index (χ3v) is 5.32. The van der Waals surface area contributed by atoms with Crippen LogP contribution in [0.3, 0.4) is 0 Å². The zero-order valence-corrected chi connectivity index (χ0v) is 19.2. The average Bonchev–Trinajstić information content (AvgIpc) is 2.94. The van der Waals surface area contributed by atoms with Gasteiger partial charge >= 0.3 is 0 Å². The number of anilines is 1. The van der Waals surface area contributed by atoms with Crippen molar-refractivity contribution in [3.63, 3.8) is 0 Å². The van der Waals surface area contributed by atoms with Crippen LogP contribution in [-0.4, -0.2) is 28.2 Å². The van der Waals surface area contributed by atoms with Crippen LogP contribution in [0.25, 0.3) is 0 Å². The van der Waals surface area contributed by atoms with Gasteiger partial charge in [0.25, 0.3) is 5.91 Å². The molecule has 1 amide bonds. The lowest BCUT2D eigenvalue weighted by Gasteiger charge is -2.13. The second kappa shape index (κ2) is 9.60. The first-order valence-electron chi connectivity index (χ1n) is 10.5. The van der Waals surface area contributed by atoms with Gasteiger partial charge in [-0.25, -0.2) is 0 Å². The molecular formula is C25H31N5O. The molecule has 0 aliphatic heterocycles. The molecule has 0 spiro atoms. The van der Waals surface area contributed by atoms with Crippen LogP contribution in [0.4, 0.5) is 5.69 Å². The molecule has 0 saturated heterocycles. The Balaban J connectivity index is 1.80. The van der Waals surface area contributed by atoms with Gasteiger partial charge in [-0.2, -0.15) is 5.10 Å². The summed E-state index contributed by atoms with van der Waals surface area (Å²) in [4.78, 5) is 17.6. The molecule has 2 aromatic carbocycles. The highest BCUT2D eigenvalue weighted by Crippen LogP contribution is 2.13. The molecule has 0 bridgehead atoms. The van der Waals surface area contributed by atoms with Gasteiger partial charge in [0.2, 0.25) is 5.96 Å². The maximum atomic E-state index is 12.9. The second-order valence-corrected chi connectivity index (χ2v) is 8.07. The highest BCUT2D eigenvalue weighted by atomic mass is 16.1. The van der Waals surface area contributed by atoms with Gasteiger partial charge < -0.3 is 5.32 Å². The average molecular weight is 418 g/mol. The van der Waals surface area contributed by atoms with E-state index in [1.807, 2.05) is 75.8 Å². The van der Waals surface area contributed by atoms with Crippen LogP contribution >= 0.6 is 0 Å². The molecular weight excluding hydrogens is 386 g/mol. The minimum absolute atomic E-state index is 0.182. The Morgan fingerprint density at radius 1 is 0.968 bits per heavy atom. The van der Waals surface area contributed by atoms with E-state index in [1.54, 1.807) is 0 Å². The molecule has 6 heteroatoms. The summed E-state index contributed by atoms with van der Waals surface area (Å²) < 4.78 is 1.89. The summed E-state index contributed by atoms with van der Waals surface area (Å²) in [5, 5.41) is 10.7. The van der Waals surface area contributed by atoms with Crippen LogP contribution in [-0.2, 0) is 13.5 Å². The zero-order chi connectivity index (χ0) is 22.5. The molecule has 0 atom stereocenters. The van der Waals surface area contributed by atoms with Crippen LogP contribution in [0.2, 0.25) is 0 Å². The molecule has 1 aromatic heterocycles. The third-order valence-electron chi connectivity index (χ3n) is 5.32. The first-order chi connectivity index (χ1) is 14.7. The number of amides is 1. The van der Waals surface area contributed by atoms with Crippen LogP contribution in [0.5, 0.6) is 0 Å². The summed E-state index contributed by atoms with van der Waals surface area (Å²) in [7, 11) is 1.95. The van der Waals surface area contributed by atoms with E-state index in [0.717, 1.165) is 34.6 Å². The first-order valence-corrected chi connectivity index (χ1v) is 10.5. The van der Waals surface area contributed by atoms with Gasteiger partial charge in [-0.15, -0.1) is 0 Å². The standard InChI is InChI=1S/C25H31N5O/c1-16-7-9-22(10-8-16)27-25(26-12-11-23-19(4)29-30(6)20(23)5)28-24(31)21-14-17(2)13-18(3)15-21/h7-10,13-15H,11-12H2,1-6H3,(H2,26,27,28,31). The van der Waals surface area contributed by atoms with Crippen molar-refractivity contribution < 1.29 is 4.79 Å². The molecule has 0 saturated carbocycles. The van der Waals surface area contributed by atoms with Gasteiger partial charge in [0.1, 0.15) is 0 Å². The number of aromatic nitrogens is 2. The lowest BCUT2D eigenvalue weighted by molar-refractivity contribution is 0.0976. The van der Waals surface area contributed by atoms with Crippen LogP contribution in [0.1, 0.15) is 44.0 Å². The van der Waals surface area contributed by atoms with Crippen molar-refractivity contribution in [2.24, 2.45) is 12.0 Å². The number of guanidine groups is 1. The zero-order valence-electron chi connectivity index (χ0n) is 19.2. The van der Waals surface area contributed by atoms with Crippen LogP contribution < -0.4 is 10.6 Å². The van der Waals surface area contributed by atoms with E-state index in [1.165, 1.54) is 11.1 Å². The smallest absolute Gasteiger partial charge is 0.257 e. The lowest BCUT2D eigenvalue weighted by Crippen LogP contribution is -2.36. The summed E-state index contributed by atoms with van der Waals surface area (Å²) in [6.07, 6.45) is 0.754. The highest BCUT2D eigenvalue weighted by Gasteiger charge is 2.12. The van der Waals surface area contributed by atoms with Gasteiger partial charge in [0.05, 0.1) is 5.69 Å². The summed E-state index contributed by atoms with van der Waals surface area (Å²) in [5.41, 5.74) is 8.12. The topological polar surface area (TPSA) is 71.3 Å². The molecule has 0 radical (unpaired) electrons. The molecule has 0 aliphatic carbocycles. The van der Waals surface area contributed by atoms with E-state index in [9.17, 15) is 4.79 Å². The largest absolute Gasteiger partial charge is 0.326 e. The number of aliphatic imine (C=N–C) groups is 1. The van der Waals surface area contributed by atoms with Crippen molar-refractivity contribution >= 4 is 17.6 Å². The van der Waals surface area contributed by atoms with Crippen molar-refractivity contribution in [1.82, 2.24) is 15.1 Å². The lowest BCUT2D eigenvalue weighted by atomic mass is 10.1. The van der Waals surface area contributed by atoms with Crippen molar-refractivity contribution in [2.75, 3.05) is 11.9 Å². The third kappa shape index (κ3) is 5.81. The quantitative estimate of drug-likeness (QED) is 0.477. The molecule has 0 fully saturated rings. The fourth-order valence-corrected chi connectivity index (χ4v) is 3.63. The van der Waals surface area contributed by atoms with Gasteiger partial charge in [0.15, 0.2) is 0 Å². The predicted octanol–water partition coefficient (Wildman–Crippen LogP) is 4.40. The predicted molar refractivity (Wildman–Crippen MR) is 127 cm³/mol. The Labute approximate surface area is 184 Å². The van der Waals surface area contributed by atoms with Crippen molar-refractivity contribution in [3.05, 3.63) is 81.7 Å². The Morgan fingerprint density at radius 2 is 1.61 bits per heavy atom. The van der Waals surface area contributed by atoms with Gasteiger partial charge in [-0.3, -0.25) is 19.8 Å². The highest BCUT2D eigenvalue weighted by molar-refractivity contribution is 6.10. The first kappa shape index (κ1) is 22.3. The van der Waals surface area contributed by atoms with Gasteiger partial charge in [-0.1, -0.05) is 34.9 Å². The van der Waals surface area contributed by atoms with E-state index >= 15 is 0 Å². The molecule has 3 rings (SSSR count). The molecule has 0 aliphatic rings. The van der Waals surface area contributed by atoms with Crippen molar-refractivity contribution in [3.8, 4) is 0 Å². The van der Waals surface area contributed by atoms with E-state index < -0.39 is 0 Å². The molecule has 3 aromatic rings. The van der Waals surface area contributed by atoms with E-state index in [2.05, 4.69) is 33.7 Å². The summed E-state index contributed by atoms with van der Waals surface area (Å²) >= 11 is 0. The Bertz CT molecular complexity index is 1090. The van der Waals surface area contributed by atoms with Crippen molar-refractivity contribution in [1.29, 1.82) is 0 Å². The van der Waals surface area contributed by atoms with Gasteiger partial charge in [0, 0.05) is 30.5 Å². The van der Waals surface area contributed by atoms with Crippen LogP contribution in [0.15, 0.2) is 47.5 Å². The number of nitrogens with one attached hydrogen (secondary N) is 2. The monoisotopic (exact) mass is 417 g/mol. The summed E-state index contributed by atoms with van der Waals surface area (Å²) in [6.45, 7) is 10.6. The number of carbonyl (C=O) groups is 1.